The number of carbonyl (C=O) groups is 3. The molecule has 0 N–H and O–H groups in total. The maximum absolute atomic E-state index is 11.7. The third-order valence-corrected chi connectivity index (χ3v) is 3.28. The highest BCUT2D eigenvalue weighted by Crippen LogP contribution is 2.13. The van der Waals surface area contributed by atoms with E-state index in [2.05, 4.69) is 25.4 Å². The van der Waals surface area contributed by atoms with Crippen molar-refractivity contribution in [2.75, 3.05) is 14.2 Å². The molecule has 0 amide bonds. The second kappa shape index (κ2) is 9.83. The minimum Gasteiger partial charge on any atom is -0.469 e. The highest BCUT2D eigenvalue weighted by Gasteiger charge is 2.25. The van der Waals surface area contributed by atoms with E-state index >= 15 is 0 Å². The van der Waals surface area contributed by atoms with Crippen LogP contribution in [0, 0.1) is 0 Å². The van der Waals surface area contributed by atoms with Crippen LogP contribution in [0.25, 0.3) is 0 Å². The molecule has 0 heterocycles. The monoisotopic (exact) mass is 388 g/mol. The van der Waals surface area contributed by atoms with E-state index in [0.29, 0.717) is 0 Å². The average Bonchev–Trinajstić information content (AvgIpc) is 2.55. The van der Waals surface area contributed by atoms with Gasteiger partial charge < -0.3 is 18.9 Å². The second-order valence-electron chi connectivity index (χ2n) is 4.41. The Morgan fingerprint density at radius 1 is 1.17 bits per heavy atom. The van der Waals surface area contributed by atoms with Gasteiger partial charge in [-0.2, -0.15) is 0 Å². The number of benzene rings is 1. The molecule has 0 bridgehead atoms. The molecule has 0 aliphatic heterocycles. The first-order chi connectivity index (χ1) is 11.0. The number of ether oxygens (including phenoxy) is 4. The van der Waals surface area contributed by atoms with Gasteiger partial charge in [-0.1, -0.05) is 28.1 Å². The van der Waals surface area contributed by atoms with Gasteiger partial charge in [0.1, 0.15) is 6.61 Å². The third-order valence-electron chi connectivity index (χ3n) is 2.79. The van der Waals surface area contributed by atoms with Crippen molar-refractivity contribution < 1.29 is 33.3 Å². The van der Waals surface area contributed by atoms with Crippen LogP contribution in [0.5, 0.6) is 0 Å². The topological polar surface area (TPSA) is 88.1 Å². The molecule has 0 saturated carbocycles. The summed E-state index contributed by atoms with van der Waals surface area (Å²) in [7, 11) is 2.38. The van der Waals surface area contributed by atoms with Gasteiger partial charge in [0.2, 0.25) is 6.10 Å². The van der Waals surface area contributed by atoms with E-state index in [9.17, 15) is 14.4 Å². The zero-order valence-corrected chi connectivity index (χ0v) is 14.3. The molecule has 126 valence electrons. The standard InChI is InChI=1S/C15H17BrO7/c1-20-13(17)7-6-12(14(18)21-2)23-15(19)22-9-10-4-3-5-11(16)8-10/h3-5,8,12H,6-7,9H2,1-2H3. The number of hydrogen-bond acceptors (Lipinski definition) is 7. The zero-order valence-electron chi connectivity index (χ0n) is 12.7. The summed E-state index contributed by atoms with van der Waals surface area (Å²) in [5.74, 6) is -1.29. The molecule has 1 unspecified atom stereocenters. The molecule has 0 aromatic heterocycles. The average molecular weight is 389 g/mol. The number of carbonyl (C=O) groups excluding carboxylic acids is 3. The Morgan fingerprint density at radius 3 is 2.52 bits per heavy atom. The van der Waals surface area contributed by atoms with Crippen molar-refractivity contribution in [1.82, 2.24) is 0 Å². The fourth-order valence-corrected chi connectivity index (χ4v) is 2.07. The zero-order chi connectivity index (χ0) is 17.2. The van der Waals surface area contributed by atoms with E-state index in [1.165, 1.54) is 7.11 Å². The predicted molar refractivity (Wildman–Crippen MR) is 82.5 cm³/mol. The molecule has 1 aromatic carbocycles. The number of hydrogen-bond donors (Lipinski definition) is 0. The Hall–Kier alpha value is -2.09. The van der Waals surface area contributed by atoms with E-state index in [4.69, 9.17) is 9.47 Å². The van der Waals surface area contributed by atoms with Crippen LogP contribution in [0.1, 0.15) is 18.4 Å². The first-order valence-electron chi connectivity index (χ1n) is 6.68. The fraction of sp³-hybridized carbons (Fsp3) is 0.400. The van der Waals surface area contributed by atoms with Crippen LogP contribution in [-0.4, -0.2) is 38.4 Å². The Bertz CT molecular complexity index is 559. The number of rotatable bonds is 7. The minimum atomic E-state index is -1.23. The molecule has 1 atom stereocenters. The molecule has 0 saturated heterocycles. The van der Waals surface area contributed by atoms with Gasteiger partial charge in [-0.25, -0.2) is 9.59 Å². The van der Waals surface area contributed by atoms with Gasteiger partial charge in [0.25, 0.3) is 0 Å². The van der Waals surface area contributed by atoms with Crippen molar-refractivity contribution >= 4 is 34.0 Å². The molecule has 0 aliphatic rings. The summed E-state index contributed by atoms with van der Waals surface area (Å²) < 4.78 is 19.7. The lowest BCUT2D eigenvalue weighted by Crippen LogP contribution is -2.29. The van der Waals surface area contributed by atoms with E-state index in [1.807, 2.05) is 6.07 Å². The van der Waals surface area contributed by atoms with Crippen LogP contribution in [0.15, 0.2) is 28.7 Å². The first kappa shape index (κ1) is 19.0. The Labute approximate surface area is 142 Å². The number of halogens is 1. The molecular formula is C15H17BrO7. The molecule has 8 heteroatoms. The van der Waals surface area contributed by atoms with Crippen LogP contribution < -0.4 is 0 Å². The van der Waals surface area contributed by atoms with Crippen molar-refractivity contribution in [3.05, 3.63) is 34.3 Å². The molecule has 0 spiro atoms. The molecule has 7 nitrogen and oxygen atoms in total. The van der Waals surface area contributed by atoms with Gasteiger partial charge >= 0.3 is 18.1 Å². The lowest BCUT2D eigenvalue weighted by atomic mass is 10.2. The Balaban J connectivity index is 2.52. The molecule has 0 radical (unpaired) electrons. The Kier molecular flexibility index (Phi) is 8.10. The van der Waals surface area contributed by atoms with E-state index in [0.717, 1.165) is 17.1 Å². The van der Waals surface area contributed by atoms with Crippen molar-refractivity contribution in [2.24, 2.45) is 0 Å². The smallest absolute Gasteiger partial charge is 0.469 e. The lowest BCUT2D eigenvalue weighted by Gasteiger charge is -2.15. The summed E-state index contributed by atoms with van der Waals surface area (Å²) in [6.07, 6.45) is -2.39. The van der Waals surface area contributed by atoms with Crippen LogP contribution >= 0.6 is 15.9 Å². The van der Waals surface area contributed by atoms with E-state index < -0.39 is 24.2 Å². The molecular weight excluding hydrogens is 372 g/mol. The van der Waals surface area contributed by atoms with Gasteiger partial charge in [0.15, 0.2) is 0 Å². The van der Waals surface area contributed by atoms with Crippen molar-refractivity contribution in [3.63, 3.8) is 0 Å². The summed E-state index contributed by atoms with van der Waals surface area (Å²) in [4.78, 5) is 34.3. The highest BCUT2D eigenvalue weighted by atomic mass is 79.9. The largest absolute Gasteiger partial charge is 0.509 e. The van der Waals surface area contributed by atoms with Gasteiger partial charge in [-0.3, -0.25) is 4.79 Å². The maximum Gasteiger partial charge on any atom is 0.509 e. The van der Waals surface area contributed by atoms with Gasteiger partial charge in [-0.15, -0.1) is 0 Å². The minimum absolute atomic E-state index is 0.0107. The normalized spacial score (nSPS) is 11.3. The van der Waals surface area contributed by atoms with Crippen molar-refractivity contribution in [1.29, 1.82) is 0 Å². The SMILES string of the molecule is COC(=O)CCC(OC(=O)OCc1cccc(Br)c1)C(=O)OC. The van der Waals surface area contributed by atoms with Gasteiger partial charge in [-0.05, 0) is 17.7 Å². The third kappa shape index (κ3) is 7.14. The van der Waals surface area contributed by atoms with Crippen LogP contribution in [-0.2, 0) is 35.1 Å². The predicted octanol–water partition coefficient (Wildman–Crippen LogP) is 2.60. The summed E-state index contributed by atoms with van der Waals surface area (Å²) in [5, 5.41) is 0. The molecule has 0 fully saturated rings. The quantitative estimate of drug-likeness (QED) is 0.523. The number of esters is 2. The van der Waals surface area contributed by atoms with Crippen molar-refractivity contribution in [2.45, 2.75) is 25.6 Å². The first-order valence-corrected chi connectivity index (χ1v) is 7.48. The van der Waals surface area contributed by atoms with E-state index in [1.54, 1.807) is 18.2 Å². The molecule has 23 heavy (non-hydrogen) atoms. The second-order valence-corrected chi connectivity index (χ2v) is 5.33. The molecule has 1 aromatic rings. The molecule has 0 aliphatic carbocycles. The van der Waals surface area contributed by atoms with Crippen LogP contribution in [0.3, 0.4) is 0 Å². The van der Waals surface area contributed by atoms with Crippen LogP contribution in [0.4, 0.5) is 4.79 Å². The summed E-state index contributed by atoms with van der Waals surface area (Å²) in [6.45, 7) is -0.0107. The summed E-state index contributed by atoms with van der Waals surface area (Å²) >= 11 is 3.30. The highest BCUT2D eigenvalue weighted by molar-refractivity contribution is 9.10. The maximum atomic E-state index is 11.7. The van der Waals surface area contributed by atoms with Crippen molar-refractivity contribution in [3.8, 4) is 0 Å². The summed E-state index contributed by atoms with van der Waals surface area (Å²) in [5.41, 5.74) is 0.750. The Morgan fingerprint density at radius 2 is 1.91 bits per heavy atom. The molecule has 1 rings (SSSR count). The number of methoxy groups -OCH3 is 2. The fourth-order valence-electron chi connectivity index (χ4n) is 1.63. The lowest BCUT2D eigenvalue weighted by molar-refractivity contribution is -0.153. The summed E-state index contributed by atoms with van der Waals surface area (Å²) in [6, 6.07) is 7.18. The van der Waals surface area contributed by atoms with Gasteiger partial charge in [0.05, 0.1) is 14.2 Å². The van der Waals surface area contributed by atoms with Crippen LogP contribution in [0.2, 0.25) is 0 Å². The van der Waals surface area contributed by atoms with Gasteiger partial charge in [0, 0.05) is 17.3 Å². The van der Waals surface area contributed by atoms with E-state index in [-0.39, 0.29) is 19.4 Å².